The molecule has 0 radical (unpaired) electrons. The van der Waals surface area contributed by atoms with Crippen LogP contribution in [0.5, 0.6) is 0 Å². The smallest absolute Gasteiger partial charge is 0.143 e. The van der Waals surface area contributed by atoms with Crippen molar-refractivity contribution < 1.29 is 0 Å². The summed E-state index contributed by atoms with van der Waals surface area (Å²) in [5, 5.41) is 4.62. The third-order valence-electron chi connectivity index (χ3n) is 1.68. The molecular weight excluding hydrogens is 270 g/mol. The zero-order valence-corrected chi connectivity index (χ0v) is 9.66. The van der Waals surface area contributed by atoms with Crippen molar-refractivity contribution in [2.24, 2.45) is 0 Å². The van der Waals surface area contributed by atoms with Gasteiger partial charge in [0.2, 0.25) is 0 Å². The summed E-state index contributed by atoms with van der Waals surface area (Å²) < 4.78 is 0.857. The van der Waals surface area contributed by atoms with Crippen LogP contribution >= 0.6 is 38.9 Å². The van der Waals surface area contributed by atoms with Gasteiger partial charge in [-0.15, -0.1) is 0 Å². The van der Waals surface area contributed by atoms with Gasteiger partial charge in [-0.25, -0.2) is 4.98 Å². The van der Waals surface area contributed by atoms with Crippen LogP contribution in [0.2, 0.25) is 5.15 Å². The number of nitrogens with zero attached hydrogens (tertiary/aromatic N) is 1. The molecule has 2 aromatic heterocycles. The lowest BCUT2D eigenvalue weighted by Gasteiger charge is -2.01. The van der Waals surface area contributed by atoms with E-state index in [1.165, 1.54) is 5.56 Å². The lowest BCUT2D eigenvalue weighted by Crippen LogP contribution is -1.81. The number of pyridine rings is 1. The Kier molecular flexibility index (Phi) is 2.67. The molecule has 4 heteroatoms. The van der Waals surface area contributed by atoms with Crippen LogP contribution < -0.4 is 0 Å². The van der Waals surface area contributed by atoms with Gasteiger partial charge < -0.3 is 0 Å². The maximum absolute atomic E-state index is 5.88. The quantitative estimate of drug-likeness (QED) is 0.709. The van der Waals surface area contributed by atoms with Gasteiger partial charge in [0.1, 0.15) is 5.15 Å². The van der Waals surface area contributed by atoms with Crippen molar-refractivity contribution >= 4 is 38.9 Å². The minimum atomic E-state index is 0.503. The first-order valence-electron chi connectivity index (χ1n) is 3.61. The molecule has 0 atom stereocenters. The predicted octanol–water partition coefficient (Wildman–Crippen LogP) is 4.23. The number of halogens is 2. The van der Waals surface area contributed by atoms with E-state index < -0.39 is 0 Å². The van der Waals surface area contributed by atoms with E-state index in [1.807, 2.05) is 11.4 Å². The van der Waals surface area contributed by atoms with Gasteiger partial charge in [0, 0.05) is 11.8 Å². The van der Waals surface area contributed by atoms with Crippen molar-refractivity contribution in [3.05, 3.63) is 38.7 Å². The van der Waals surface area contributed by atoms with Gasteiger partial charge >= 0.3 is 0 Å². The van der Waals surface area contributed by atoms with Crippen LogP contribution in [0, 0.1) is 0 Å². The standard InChI is InChI=1S/C9H5BrClNS/c10-8-7(1-3-12-9(8)11)6-2-4-13-5-6/h1-5H. The van der Waals surface area contributed by atoms with Crippen molar-refractivity contribution in [2.75, 3.05) is 0 Å². The van der Waals surface area contributed by atoms with E-state index >= 15 is 0 Å². The van der Waals surface area contributed by atoms with Crippen LogP contribution in [-0.2, 0) is 0 Å². The maximum atomic E-state index is 5.88. The normalized spacial score (nSPS) is 10.3. The predicted molar refractivity (Wildman–Crippen MR) is 60.3 cm³/mol. The van der Waals surface area contributed by atoms with E-state index in [1.54, 1.807) is 17.5 Å². The summed E-state index contributed by atoms with van der Waals surface area (Å²) in [7, 11) is 0. The van der Waals surface area contributed by atoms with Crippen LogP contribution in [0.25, 0.3) is 11.1 Å². The van der Waals surface area contributed by atoms with E-state index in [4.69, 9.17) is 11.6 Å². The first-order chi connectivity index (χ1) is 6.29. The Hall–Kier alpha value is -0.380. The second-order valence-corrected chi connectivity index (χ2v) is 4.41. The molecular formula is C9H5BrClNS. The fourth-order valence-electron chi connectivity index (χ4n) is 1.06. The molecule has 0 fully saturated rings. The minimum Gasteiger partial charge on any atom is -0.243 e. The summed E-state index contributed by atoms with van der Waals surface area (Å²) in [6.07, 6.45) is 1.71. The van der Waals surface area contributed by atoms with Gasteiger partial charge in [0.25, 0.3) is 0 Å². The Morgan fingerprint density at radius 2 is 2.23 bits per heavy atom. The maximum Gasteiger partial charge on any atom is 0.143 e. The first kappa shape index (κ1) is 9.19. The summed E-state index contributed by atoms with van der Waals surface area (Å²) in [5.74, 6) is 0. The zero-order valence-electron chi connectivity index (χ0n) is 6.50. The van der Waals surface area contributed by atoms with E-state index in [0.29, 0.717) is 5.15 Å². The van der Waals surface area contributed by atoms with E-state index in [0.717, 1.165) is 10.0 Å². The van der Waals surface area contributed by atoms with Crippen LogP contribution in [0.3, 0.4) is 0 Å². The first-order valence-corrected chi connectivity index (χ1v) is 5.73. The Morgan fingerprint density at radius 1 is 1.38 bits per heavy atom. The average Bonchev–Trinajstić information content (AvgIpc) is 2.62. The fourth-order valence-corrected chi connectivity index (χ4v) is 2.34. The van der Waals surface area contributed by atoms with Gasteiger partial charge in [-0.1, -0.05) is 11.6 Å². The topological polar surface area (TPSA) is 12.9 Å². The van der Waals surface area contributed by atoms with Gasteiger partial charge in [-0.05, 0) is 44.4 Å². The monoisotopic (exact) mass is 273 g/mol. The SMILES string of the molecule is Clc1nccc(-c2ccsc2)c1Br. The second kappa shape index (κ2) is 3.78. The van der Waals surface area contributed by atoms with Crippen molar-refractivity contribution in [1.82, 2.24) is 4.98 Å². The molecule has 0 aliphatic rings. The molecule has 66 valence electrons. The summed E-state index contributed by atoms with van der Waals surface area (Å²) >= 11 is 11.0. The number of thiophene rings is 1. The molecule has 0 bridgehead atoms. The van der Waals surface area contributed by atoms with Gasteiger partial charge in [0.15, 0.2) is 0 Å². The lowest BCUT2D eigenvalue weighted by molar-refractivity contribution is 1.31. The fraction of sp³-hybridized carbons (Fsp3) is 0. The number of hydrogen-bond donors (Lipinski definition) is 0. The van der Waals surface area contributed by atoms with Gasteiger partial charge in [-0.2, -0.15) is 11.3 Å². The molecule has 0 unspecified atom stereocenters. The average molecular weight is 275 g/mol. The summed E-state index contributed by atoms with van der Waals surface area (Å²) in [5.41, 5.74) is 2.25. The molecule has 2 rings (SSSR count). The highest BCUT2D eigenvalue weighted by Gasteiger charge is 2.06. The number of rotatable bonds is 1. The third kappa shape index (κ3) is 1.77. The third-order valence-corrected chi connectivity index (χ3v) is 3.68. The Balaban J connectivity index is 2.59. The van der Waals surface area contributed by atoms with Crippen LogP contribution in [-0.4, -0.2) is 4.98 Å². The van der Waals surface area contributed by atoms with Crippen LogP contribution in [0.4, 0.5) is 0 Å². The molecule has 1 nitrogen and oxygen atoms in total. The summed E-state index contributed by atoms with van der Waals surface area (Å²) in [4.78, 5) is 3.97. The molecule has 0 N–H and O–H groups in total. The molecule has 0 spiro atoms. The molecule has 0 saturated carbocycles. The minimum absolute atomic E-state index is 0.503. The van der Waals surface area contributed by atoms with Crippen molar-refractivity contribution in [2.45, 2.75) is 0 Å². The highest BCUT2D eigenvalue weighted by Crippen LogP contribution is 2.33. The van der Waals surface area contributed by atoms with Crippen molar-refractivity contribution in [3.63, 3.8) is 0 Å². The molecule has 0 amide bonds. The highest BCUT2D eigenvalue weighted by molar-refractivity contribution is 9.10. The van der Waals surface area contributed by atoms with Crippen molar-refractivity contribution in [1.29, 1.82) is 0 Å². The molecule has 0 saturated heterocycles. The van der Waals surface area contributed by atoms with E-state index in [9.17, 15) is 0 Å². The molecule has 0 aliphatic heterocycles. The summed E-state index contributed by atoms with van der Waals surface area (Å²) in [6, 6.07) is 4.00. The van der Waals surface area contributed by atoms with Gasteiger partial charge in [-0.3, -0.25) is 0 Å². The Morgan fingerprint density at radius 3 is 2.92 bits per heavy atom. The zero-order chi connectivity index (χ0) is 9.26. The molecule has 2 heterocycles. The Bertz CT molecular complexity index is 414. The molecule has 0 aromatic carbocycles. The second-order valence-electron chi connectivity index (χ2n) is 2.48. The molecule has 13 heavy (non-hydrogen) atoms. The number of aromatic nitrogens is 1. The Labute approximate surface area is 93.5 Å². The highest BCUT2D eigenvalue weighted by atomic mass is 79.9. The molecule has 2 aromatic rings. The largest absolute Gasteiger partial charge is 0.243 e. The van der Waals surface area contributed by atoms with Crippen LogP contribution in [0.15, 0.2) is 33.6 Å². The summed E-state index contributed by atoms with van der Waals surface area (Å²) in [6.45, 7) is 0. The lowest BCUT2D eigenvalue weighted by atomic mass is 10.1. The molecule has 0 aliphatic carbocycles. The van der Waals surface area contributed by atoms with E-state index in [-0.39, 0.29) is 0 Å². The van der Waals surface area contributed by atoms with Crippen molar-refractivity contribution in [3.8, 4) is 11.1 Å². The van der Waals surface area contributed by atoms with Gasteiger partial charge in [0.05, 0.1) is 4.47 Å². The number of hydrogen-bond acceptors (Lipinski definition) is 2. The van der Waals surface area contributed by atoms with Crippen LogP contribution in [0.1, 0.15) is 0 Å². The van der Waals surface area contributed by atoms with E-state index in [2.05, 4.69) is 32.4 Å².